The maximum atomic E-state index is 4.22. The summed E-state index contributed by atoms with van der Waals surface area (Å²) < 4.78 is 0. The Morgan fingerprint density at radius 2 is 2.17 bits per heavy atom. The molecule has 2 rings (SSSR count). The van der Waals surface area contributed by atoms with Crippen molar-refractivity contribution in [2.75, 3.05) is 0 Å². The van der Waals surface area contributed by atoms with Gasteiger partial charge in [-0.15, -0.1) is 11.5 Å². The number of fused-ring (bicyclic) bond motifs is 1. The van der Waals surface area contributed by atoms with E-state index in [9.17, 15) is 0 Å². The normalized spacial score (nSPS) is 9.42. The van der Waals surface area contributed by atoms with Crippen molar-refractivity contribution in [1.82, 2.24) is 4.98 Å². The molecule has 57 valence electrons. The number of pyridine rings is 1. The second-order valence-corrected chi connectivity index (χ2v) is 2.57. The molecule has 0 aliphatic carbocycles. The van der Waals surface area contributed by atoms with Crippen molar-refractivity contribution in [1.29, 1.82) is 0 Å². The molecule has 12 heavy (non-hydrogen) atoms. The Bertz CT molecular complexity index is 379. The molecule has 0 unspecified atom stereocenters. The fourth-order valence-electron chi connectivity index (χ4n) is 1.17. The summed E-state index contributed by atoms with van der Waals surface area (Å²) in [4.78, 5) is 4.22. The van der Waals surface area contributed by atoms with Crippen molar-refractivity contribution in [3.05, 3.63) is 42.1 Å². The van der Waals surface area contributed by atoms with E-state index in [2.05, 4.69) is 18.0 Å². The van der Waals surface area contributed by atoms with Gasteiger partial charge in [0.15, 0.2) is 0 Å². The molecule has 1 aromatic carbocycles. The number of aromatic nitrogens is 1. The van der Waals surface area contributed by atoms with Gasteiger partial charge in [-0.2, -0.15) is 18.2 Å². The number of aryl methyl sites for hydroxylation is 1. The first-order chi connectivity index (χ1) is 5.38. The molecule has 0 fully saturated rings. The van der Waals surface area contributed by atoms with E-state index in [4.69, 9.17) is 0 Å². The van der Waals surface area contributed by atoms with Crippen molar-refractivity contribution in [3.8, 4) is 0 Å². The maximum absolute atomic E-state index is 4.22. The van der Waals surface area contributed by atoms with Gasteiger partial charge in [-0.3, -0.25) is 4.98 Å². The average Bonchev–Trinajstić information content (AvgIpc) is 2.06. The van der Waals surface area contributed by atoms with Crippen molar-refractivity contribution < 1.29 is 32.7 Å². The molecule has 0 saturated carbocycles. The Hall–Kier alpha value is -0.266. The van der Waals surface area contributed by atoms with Crippen LogP contribution in [0.15, 0.2) is 30.5 Å². The van der Waals surface area contributed by atoms with E-state index in [1.54, 1.807) is 0 Å². The second kappa shape index (κ2) is 4.11. The molecular formula is C10H8NY-. The third-order valence-electron chi connectivity index (χ3n) is 1.80. The minimum absolute atomic E-state index is 0. The standard InChI is InChI=1S/C10H8N.Y/c1-8-6-7-11-10-5-3-2-4-9(8)10;/h3-7H,1H3;/q-1;. The van der Waals surface area contributed by atoms with Gasteiger partial charge in [0.2, 0.25) is 0 Å². The zero-order valence-corrected chi connectivity index (χ0v) is 9.75. The van der Waals surface area contributed by atoms with Crippen LogP contribution in [0.3, 0.4) is 0 Å². The van der Waals surface area contributed by atoms with E-state index in [-0.39, 0.29) is 32.7 Å². The first-order valence-electron chi connectivity index (χ1n) is 3.59. The summed E-state index contributed by atoms with van der Waals surface area (Å²) in [7, 11) is 0. The van der Waals surface area contributed by atoms with Crippen molar-refractivity contribution in [2.45, 2.75) is 6.92 Å². The fourth-order valence-corrected chi connectivity index (χ4v) is 1.17. The van der Waals surface area contributed by atoms with Crippen LogP contribution in [0.2, 0.25) is 0 Å². The molecular weight excluding hydrogens is 223 g/mol. The Labute approximate surface area is 97.1 Å². The minimum atomic E-state index is 0. The number of hydrogen-bond acceptors (Lipinski definition) is 1. The molecule has 0 bridgehead atoms. The summed E-state index contributed by atoms with van der Waals surface area (Å²) in [6, 6.07) is 10.9. The Balaban J connectivity index is 0.000000720. The average molecular weight is 231 g/mol. The fraction of sp³-hybridized carbons (Fsp3) is 0.100. The topological polar surface area (TPSA) is 12.9 Å². The van der Waals surface area contributed by atoms with Gasteiger partial charge < -0.3 is 0 Å². The van der Waals surface area contributed by atoms with Crippen molar-refractivity contribution >= 4 is 10.9 Å². The van der Waals surface area contributed by atoms with Gasteiger partial charge in [-0.05, 0) is 5.52 Å². The van der Waals surface area contributed by atoms with Gasteiger partial charge in [0.1, 0.15) is 0 Å². The summed E-state index contributed by atoms with van der Waals surface area (Å²) in [5.74, 6) is 0. The molecule has 0 saturated heterocycles. The van der Waals surface area contributed by atoms with E-state index in [0.29, 0.717) is 0 Å². The largest absolute Gasteiger partial charge is 0.283 e. The van der Waals surface area contributed by atoms with E-state index >= 15 is 0 Å². The SMILES string of the molecule is Cc1ccnc2cc[c-]cc12.[Y]. The molecule has 1 nitrogen and oxygen atoms in total. The molecule has 2 aromatic rings. The van der Waals surface area contributed by atoms with Crippen molar-refractivity contribution in [2.24, 2.45) is 0 Å². The molecule has 0 N–H and O–H groups in total. The minimum Gasteiger partial charge on any atom is -0.283 e. The molecule has 0 aliphatic rings. The summed E-state index contributed by atoms with van der Waals surface area (Å²) in [6.45, 7) is 2.08. The first kappa shape index (κ1) is 9.82. The van der Waals surface area contributed by atoms with Crippen LogP contribution in [0.25, 0.3) is 10.9 Å². The van der Waals surface area contributed by atoms with Crippen LogP contribution in [0.5, 0.6) is 0 Å². The van der Waals surface area contributed by atoms with E-state index < -0.39 is 0 Å². The number of hydrogen-bond donors (Lipinski definition) is 0. The Morgan fingerprint density at radius 1 is 1.33 bits per heavy atom. The quantitative estimate of drug-likeness (QED) is 0.634. The van der Waals surface area contributed by atoms with Gasteiger partial charge in [0, 0.05) is 38.9 Å². The molecule has 0 atom stereocenters. The smallest absolute Gasteiger partial charge is 0.0242 e. The van der Waals surface area contributed by atoms with Crippen LogP contribution in [0, 0.1) is 13.0 Å². The zero-order chi connectivity index (χ0) is 7.68. The number of rotatable bonds is 0. The van der Waals surface area contributed by atoms with Crippen LogP contribution < -0.4 is 0 Å². The third-order valence-corrected chi connectivity index (χ3v) is 1.80. The Kier molecular flexibility index (Phi) is 3.36. The van der Waals surface area contributed by atoms with Crippen LogP contribution in [0.1, 0.15) is 5.56 Å². The number of nitrogens with zero attached hydrogens (tertiary/aromatic N) is 1. The number of benzene rings is 1. The van der Waals surface area contributed by atoms with Gasteiger partial charge >= 0.3 is 0 Å². The van der Waals surface area contributed by atoms with Gasteiger partial charge in [-0.1, -0.05) is 18.6 Å². The molecule has 2 heteroatoms. The molecule has 0 amide bonds. The molecule has 1 heterocycles. The van der Waals surface area contributed by atoms with E-state index in [1.807, 2.05) is 30.5 Å². The zero-order valence-electron chi connectivity index (χ0n) is 6.91. The second-order valence-electron chi connectivity index (χ2n) is 2.57. The van der Waals surface area contributed by atoms with Gasteiger partial charge in [-0.25, -0.2) is 0 Å². The van der Waals surface area contributed by atoms with E-state index in [0.717, 1.165) is 5.52 Å². The summed E-state index contributed by atoms with van der Waals surface area (Å²) in [6.07, 6.45) is 1.83. The summed E-state index contributed by atoms with van der Waals surface area (Å²) >= 11 is 0. The summed E-state index contributed by atoms with van der Waals surface area (Å²) in [5.41, 5.74) is 2.30. The molecule has 0 aliphatic heterocycles. The van der Waals surface area contributed by atoms with Crippen LogP contribution >= 0.6 is 0 Å². The molecule has 1 radical (unpaired) electrons. The third kappa shape index (κ3) is 1.73. The predicted molar refractivity (Wildman–Crippen MR) is 45.3 cm³/mol. The maximum Gasteiger partial charge on any atom is 0.0242 e. The van der Waals surface area contributed by atoms with Gasteiger partial charge in [0.25, 0.3) is 0 Å². The Morgan fingerprint density at radius 3 is 2.92 bits per heavy atom. The molecule has 1 aromatic heterocycles. The van der Waals surface area contributed by atoms with E-state index in [1.165, 1.54) is 10.9 Å². The van der Waals surface area contributed by atoms with Gasteiger partial charge in [0.05, 0.1) is 0 Å². The van der Waals surface area contributed by atoms with Crippen molar-refractivity contribution in [3.63, 3.8) is 0 Å². The van der Waals surface area contributed by atoms with Crippen LogP contribution in [-0.2, 0) is 32.7 Å². The summed E-state index contributed by atoms with van der Waals surface area (Å²) in [5, 5.41) is 1.19. The monoisotopic (exact) mass is 231 g/mol. The predicted octanol–water partition coefficient (Wildman–Crippen LogP) is 2.34. The first-order valence-corrected chi connectivity index (χ1v) is 3.59. The molecule has 0 spiro atoms. The van der Waals surface area contributed by atoms with Crippen LogP contribution in [0.4, 0.5) is 0 Å². The van der Waals surface area contributed by atoms with Crippen LogP contribution in [-0.4, -0.2) is 4.98 Å².